The zero-order valence-electron chi connectivity index (χ0n) is 15.2. The van der Waals surface area contributed by atoms with Crippen LogP contribution in [-0.2, 0) is 4.79 Å². The van der Waals surface area contributed by atoms with Crippen LogP contribution >= 0.6 is 0 Å². The molecular weight excluding hydrogens is 284 g/mol. The number of carbonyl (C=O) groups is 1. The highest BCUT2D eigenvalue weighted by molar-refractivity contribution is 5.88. The van der Waals surface area contributed by atoms with E-state index in [-0.39, 0.29) is 10.8 Å². The highest BCUT2D eigenvalue weighted by atomic mass is 16.1. The first-order valence-corrected chi connectivity index (χ1v) is 9.41. The molecule has 0 spiro atoms. The summed E-state index contributed by atoms with van der Waals surface area (Å²) in [5.41, 5.74) is 13.5. The molecule has 130 valence electrons. The summed E-state index contributed by atoms with van der Waals surface area (Å²) in [6, 6.07) is 0. The van der Waals surface area contributed by atoms with Crippen LogP contribution in [0.1, 0.15) is 65.7 Å². The molecular formula is C20H34N2O. The molecule has 3 nitrogen and oxygen atoms in total. The maximum atomic E-state index is 13.2. The van der Waals surface area contributed by atoms with Crippen LogP contribution in [0.15, 0.2) is 11.6 Å². The van der Waals surface area contributed by atoms with Crippen molar-refractivity contribution < 1.29 is 4.79 Å². The van der Waals surface area contributed by atoms with Crippen molar-refractivity contribution in [2.24, 2.45) is 39.5 Å². The highest BCUT2D eigenvalue weighted by Gasteiger charge is 2.61. The third-order valence-corrected chi connectivity index (χ3v) is 7.83. The molecule has 0 heterocycles. The second-order valence-electron chi connectivity index (χ2n) is 9.25. The molecule has 0 radical (unpaired) electrons. The molecule has 2 fully saturated rings. The maximum absolute atomic E-state index is 13.2. The van der Waals surface area contributed by atoms with Gasteiger partial charge in [-0.2, -0.15) is 0 Å². The summed E-state index contributed by atoms with van der Waals surface area (Å²) in [4.78, 5) is 13.2. The largest absolute Gasteiger partial charge is 0.329 e. The van der Waals surface area contributed by atoms with Crippen molar-refractivity contribution in [3.63, 3.8) is 0 Å². The molecule has 3 aliphatic carbocycles. The molecule has 3 heteroatoms. The lowest BCUT2D eigenvalue weighted by Crippen LogP contribution is -2.59. The predicted molar refractivity (Wildman–Crippen MR) is 94.8 cm³/mol. The lowest BCUT2D eigenvalue weighted by molar-refractivity contribution is -0.157. The van der Waals surface area contributed by atoms with Gasteiger partial charge in [-0.1, -0.05) is 38.8 Å². The van der Waals surface area contributed by atoms with E-state index in [0.717, 1.165) is 24.8 Å². The number of Topliss-reactive ketones (excluding diaryl/α,β-unsaturated/α-hetero) is 1. The van der Waals surface area contributed by atoms with E-state index in [1.54, 1.807) is 0 Å². The number of carbonyl (C=O) groups excluding carboxylic acids is 1. The van der Waals surface area contributed by atoms with E-state index in [1.165, 1.54) is 19.3 Å². The van der Waals surface area contributed by atoms with Crippen LogP contribution in [-0.4, -0.2) is 18.9 Å². The average molecular weight is 319 g/mol. The summed E-state index contributed by atoms with van der Waals surface area (Å²) in [5.74, 6) is 1.45. The molecule has 2 saturated carbocycles. The number of hydrogen-bond donors (Lipinski definition) is 2. The summed E-state index contributed by atoms with van der Waals surface area (Å²) >= 11 is 0. The van der Waals surface area contributed by atoms with Gasteiger partial charge in [0.25, 0.3) is 0 Å². The molecule has 0 amide bonds. The van der Waals surface area contributed by atoms with Gasteiger partial charge >= 0.3 is 0 Å². The first-order valence-electron chi connectivity index (χ1n) is 9.41. The maximum Gasteiger partial charge on any atom is 0.144 e. The minimum atomic E-state index is -0.313. The molecule has 0 saturated heterocycles. The Morgan fingerprint density at radius 2 is 1.87 bits per heavy atom. The van der Waals surface area contributed by atoms with Crippen molar-refractivity contribution >= 4 is 5.78 Å². The second-order valence-corrected chi connectivity index (χ2v) is 9.25. The summed E-state index contributed by atoms with van der Waals surface area (Å²) in [6.45, 7) is 8.34. The zero-order valence-corrected chi connectivity index (χ0v) is 15.2. The minimum Gasteiger partial charge on any atom is -0.329 e. The third-order valence-electron chi connectivity index (χ3n) is 7.83. The lowest BCUT2D eigenvalue weighted by Gasteiger charge is -2.62. The van der Waals surface area contributed by atoms with E-state index in [1.807, 2.05) is 0 Å². The van der Waals surface area contributed by atoms with E-state index < -0.39 is 0 Å². The van der Waals surface area contributed by atoms with Gasteiger partial charge in [-0.25, -0.2) is 0 Å². The number of ketones is 1. The number of fused-ring (bicyclic) bond motifs is 3. The Morgan fingerprint density at radius 1 is 1.13 bits per heavy atom. The standard InChI is InChI=1S/C20H34N2O/c1-18(2)8-4-9-19(3)15(18)7-10-20(13-22)16(19)6-5-14(12-21)11-17(20)23/h5,15-16H,4,6-13,21-22H2,1-3H3. The summed E-state index contributed by atoms with van der Waals surface area (Å²) in [6.07, 6.45) is 9.74. The molecule has 0 aromatic heterocycles. The number of hydrogen-bond acceptors (Lipinski definition) is 3. The van der Waals surface area contributed by atoms with Crippen LogP contribution in [0, 0.1) is 28.1 Å². The van der Waals surface area contributed by atoms with Crippen molar-refractivity contribution in [1.82, 2.24) is 0 Å². The molecule has 0 aliphatic heterocycles. The SMILES string of the molecule is CC1(C)CCCC2(C)C1CCC1(CN)C(=O)CC(CN)=CCC12. The summed E-state index contributed by atoms with van der Waals surface area (Å²) < 4.78 is 0. The van der Waals surface area contributed by atoms with Gasteiger partial charge in [0, 0.05) is 24.9 Å². The molecule has 4 atom stereocenters. The lowest BCUT2D eigenvalue weighted by atomic mass is 9.42. The van der Waals surface area contributed by atoms with E-state index >= 15 is 0 Å². The molecule has 0 bridgehead atoms. The van der Waals surface area contributed by atoms with Gasteiger partial charge in [-0.15, -0.1) is 0 Å². The van der Waals surface area contributed by atoms with Gasteiger partial charge in [0.15, 0.2) is 0 Å². The molecule has 3 rings (SSSR count). The number of rotatable bonds is 2. The molecule has 3 aliphatic rings. The normalized spacial score (nSPS) is 43.2. The van der Waals surface area contributed by atoms with E-state index in [2.05, 4.69) is 26.8 Å². The smallest absolute Gasteiger partial charge is 0.144 e. The topological polar surface area (TPSA) is 69.1 Å². The van der Waals surface area contributed by atoms with Crippen molar-refractivity contribution in [3.05, 3.63) is 11.6 Å². The first kappa shape index (κ1) is 17.2. The zero-order chi connectivity index (χ0) is 16.9. The average Bonchev–Trinajstić information content (AvgIpc) is 2.64. The molecule has 4 N–H and O–H groups in total. The fourth-order valence-corrected chi connectivity index (χ4v) is 6.59. The van der Waals surface area contributed by atoms with Crippen molar-refractivity contribution in [1.29, 1.82) is 0 Å². The van der Waals surface area contributed by atoms with Gasteiger partial charge in [0.2, 0.25) is 0 Å². The van der Waals surface area contributed by atoms with Crippen LogP contribution < -0.4 is 11.5 Å². The van der Waals surface area contributed by atoms with E-state index in [9.17, 15) is 4.79 Å². The van der Waals surface area contributed by atoms with Crippen LogP contribution in [0.25, 0.3) is 0 Å². The molecule has 0 aromatic rings. The van der Waals surface area contributed by atoms with Gasteiger partial charge in [-0.05, 0) is 54.8 Å². The predicted octanol–water partition coefficient (Wildman–Crippen LogP) is 3.42. The Kier molecular flexibility index (Phi) is 4.25. The third kappa shape index (κ3) is 2.42. The van der Waals surface area contributed by atoms with E-state index in [4.69, 9.17) is 11.5 Å². The van der Waals surface area contributed by atoms with Crippen LogP contribution in [0.3, 0.4) is 0 Å². The highest BCUT2D eigenvalue weighted by Crippen LogP contribution is 2.65. The molecule has 23 heavy (non-hydrogen) atoms. The Hall–Kier alpha value is -0.670. The minimum absolute atomic E-state index is 0.232. The van der Waals surface area contributed by atoms with Crippen LogP contribution in [0.4, 0.5) is 0 Å². The Balaban J connectivity index is 2.06. The Labute approximate surface area is 141 Å². The second kappa shape index (κ2) is 5.70. The van der Waals surface area contributed by atoms with Crippen LogP contribution in [0.2, 0.25) is 0 Å². The first-order chi connectivity index (χ1) is 10.8. The molecule has 0 aromatic carbocycles. The van der Waals surface area contributed by atoms with Crippen molar-refractivity contribution in [2.45, 2.75) is 65.7 Å². The number of allylic oxidation sites excluding steroid dienone is 1. The van der Waals surface area contributed by atoms with Gasteiger partial charge in [0.1, 0.15) is 5.78 Å². The van der Waals surface area contributed by atoms with Gasteiger partial charge < -0.3 is 11.5 Å². The van der Waals surface area contributed by atoms with E-state index in [0.29, 0.717) is 42.5 Å². The fourth-order valence-electron chi connectivity index (χ4n) is 6.59. The van der Waals surface area contributed by atoms with Crippen molar-refractivity contribution in [3.8, 4) is 0 Å². The Morgan fingerprint density at radius 3 is 2.52 bits per heavy atom. The summed E-state index contributed by atoms with van der Waals surface area (Å²) in [5, 5.41) is 0. The number of nitrogens with two attached hydrogens (primary N) is 2. The van der Waals surface area contributed by atoms with Crippen LogP contribution in [0.5, 0.6) is 0 Å². The molecule has 4 unspecified atom stereocenters. The summed E-state index contributed by atoms with van der Waals surface area (Å²) in [7, 11) is 0. The monoisotopic (exact) mass is 318 g/mol. The van der Waals surface area contributed by atoms with Gasteiger partial charge in [-0.3, -0.25) is 4.79 Å². The van der Waals surface area contributed by atoms with Gasteiger partial charge in [0.05, 0.1) is 0 Å². The Bertz CT molecular complexity index is 524. The van der Waals surface area contributed by atoms with Crippen molar-refractivity contribution in [2.75, 3.05) is 13.1 Å². The quantitative estimate of drug-likeness (QED) is 0.766. The fraction of sp³-hybridized carbons (Fsp3) is 0.850.